The van der Waals surface area contributed by atoms with Gasteiger partial charge in [0.2, 0.25) is 0 Å². The molecule has 2 rings (SSSR count). The third-order valence-corrected chi connectivity index (χ3v) is 4.97. The fraction of sp³-hybridized carbons (Fsp3) is 0.571. The third kappa shape index (κ3) is 7.58. The lowest BCUT2D eigenvalue weighted by Gasteiger charge is -2.20. The molecule has 4 N–H and O–H groups in total. The molecule has 0 aliphatic heterocycles. The van der Waals surface area contributed by atoms with Crippen LogP contribution in [0.15, 0.2) is 18.2 Å². The van der Waals surface area contributed by atoms with Crippen LogP contribution in [-0.4, -0.2) is 31.1 Å². The zero-order valence-corrected chi connectivity index (χ0v) is 16.6. The van der Waals surface area contributed by atoms with Gasteiger partial charge in [0, 0.05) is 13.0 Å². The Hall–Kier alpha value is -2.57. The molecule has 0 saturated heterocycles. The van der Waals surface area contributed by atoms with Crippen molar-refractivity contribution in [2.45, 2.75) is 64.3 Å². The van der Waals surface area contributed by atoms with Crippen molar-refractivity contribution >= 4 is 17.9 Å². The maximum atomic E-state index is 12.1. The Morgan fingerprint density at radius 1 is 1.11 bits per heavy atom. The summed E-state index contributed by atoms with van der Waals surface area (Å²) < 4.78 is 5.04. The summed E-state index contributed by atoms with van der Waals surface area (Å²) >= 11 is 0. The van der Waals surface area contributed by atoms with Gasteiger partial charge in [0.05, 0.1) is 6.04 Å². The molecule has 0 saturated carbocycles. The van der Waals surface area contributed by atoms with Crippen LogP contribution in [0, 0.1) is 0 Å². The summed E-state index contributed by atoms with van der Waals surface area (Å²) in [4.78, 5) is 34.3. The number of carbonyl (C=O) groups excluding carboxylic acids is 3. The zero-order valence-electron chi connectivity index (χ0n) is 16.6. The Bertz CT molecular complexity index is 690. The summed E-state index contributed by atoms with van der Waals surface area (Å²) in [6.07, 6.45) is 7.11. The Balaban J connectivity index is 1.63. The molecule has 0 radical (unpaired) electrons. The number of nitrogens with one attached hydrogen (secondary N) is 2. The third-order valence-electron chi connectivity index (χ3n) is 4.97. The lowest BCUT2D eigenvalue weighted by atomic mass is 9.89. The van der Waals surface area contributed by atoms with Crippen molar-refractivity contribution in [3.8, 4) is 0 Å². The predicted molar refractivity (Wildman–Crippen MR) is 107 cm³/mol. The van der Waals surface area contributed by atoms with Crippen molar-refractivity contribution in [2.24, 2.45) is 5.73 Å². The highest BCUT2D eigenvalue weighted by Crippen LogP contribution is 2.24. The number of carbonyl (C=O) groups is 3. The number of benzene rings is 1. The van der Waals surface area contributed by atoms with E-state index >= 15 is 0 Å². The van der Waals surface area contributed by atoms with Crippen molar-refractivity contribution in [1.82, 2.24) is 10.6 Å². The van der Waals surface area contributed by atoms with Gasteiger partial charge < -0.3 is 21.1 Å². The summed E-state index contributed by atoms with van der Waals surface area (Å²) in [5, 5.41) is 5.38. The number of nitrogens with two attached hydrogens (primary N) is 1. The number of urea groups is 1. The molecule has 1 aliphatic carbocycles. The molecule has 7 nitrogen and oxygen atoms in total. The fourth-order valence-corrected chi connectivity index (χ4v) is 3.39. The number of rotatable bonds is 10. The first-order valence-corrected chi connectivity index (χ1v) is 10.1. The number of aryl methyl sites for hydroxylation is 2. The molecule has 1 atom stereocenters. The van der Waals surface area contributed by atoms with Gasteiger partial charge in [-0.3, -0.25) is 9.59 Å². The standard InChI is InChI=1S/C21H31N3O4/c1-15(17-11-10-16-7-4-5-8-18(16)13-17)24-19(25)14-28-20(26)9-3-2-6-12-23-21(22)27/h10-11,13,15H,2-9,12,14H2,1H3,(H,24,25)(H3,22,23,27)/t15-/m1/s1. The second kappa shape index (κ2) is 11.3. The quantitative estimate of drug-likeness (QED) is 0.422. The largest absolute Gasteiger partial charge is 0.456 e. The van der Waals surface area contributed by atoms with Gasteiger partial charge in [0.1, 0.15) is 0 Å². The Kier molecular flexibility index (Phi) is 8.78. The first-order chi connectivity index (χ1) is 13.5. The van der Waals surface area contributed by atoms with Gasteiger partial charge in [0.25, 0.3) is 5.91 Å². The van der Waals surface area contributed by atoms with Gasteiger partial charge >= 0.3 is 12.0 Å². The second-order valence-corrected chi connectivity index (χ2v) is 7.29. The summed E-state index contributed by atoms with van der Waals surface area (Å²) in [6.45, 7) is 2.16. The van der Waals surface area contributed by atoms with Crippen molar-refractivity contribution in [1.29, 1.82) is 0 Å². The Labute approximate surface area is 166 Å². The first-order valence-electron chi connectivity index (χ1n) is 10.1. The Morgan fingerprint density at radius 3 is 2.61 bits per heavy atom. The van der Waals surface area contributed by atoms with Gasteiger partial charge in [-0.1, -0.05) is 24.6 Å². The first kappa shape index (κ1) is 21.7. The van der Waals surface area contributed by atoms with Gasteiger partial charge in [-0.25, -0.2) is 4.79 Å². The van der Waals surface area contributed by atoms with Crippen LogP contribution in [-0.2, 0) is 27.2 Å². The van der Waals surface area contributed by atoms with E-state index in [0.717, 1.165) is 31.2 Å². The summed E-state index contributed by atoms with van der Waals surface area (Å²) in [6, 6.07) is 5.73. The zero-order chi connectivity index (χ0) is 20.4. The number of hydrogen-bond donors (Lipinski definition) is 3. The van der Waals surface area contributed by atoms with E-state index in [1.807, 2.05) is 6.92 Å². The van der Waals surface area contributed by atoms with Crippen molar-refractivity contribution in [3.05, 3.63) is 34.9 Å². The number of amides is 3. The topological polar surface area (TPSA) is 111 Å². The molecule has 0 heterocycles. The molecule has 1 aliphatic rings. The van der Waals surface area contributed by atoms with E-state index in [2.05, 4.69) is 28.8 Å². The molecule has 0 bridgehead atoms. The predicted octanol–water partition coefficient (Wildman–Crippen LogP) is 2.51. The maximum absolute atomic E-state index is 12.1. The molecule has 1 aromatic rings. The van der Waals surface area contributed by atoms with E-state index in [1.165, 1.54) is 24.0 Å². The van der Waals surface area contributed by atoms with Crippen molar-refractivity contribution in [2.75, 3.05) is 13.2 Å². The van der Waals surface area contributed by atoms with Crippen LogP contribution in [0.1, 0.15) is 68.2 Å². The molecular formula is C21H31N3O4. The molecule has 7 heteroatoms. The van der Waals surface area contributed by atoms with Crippen LogP contribution in [0.5, 0.6) is 0 Å². The minimum atomic E-state index is -0.546. The number of ether oxygens (including phenoxy) is 1. The molecule has 1 aromatic carbocycles. The lowest BCUT2D eigenvalue weighted by Crippen LogP contribution is -2.31. The number of hydrogen-bond acceptors (Lipinski definition) is 4. The second-order valence-electron chi connectivity index (χ2n) is 7.29. The molecule has 0 aromatic heterocycles. The monoisotopic (exact) mass is 389 g/mol. The molecule has 28 heavy (non-hydrogen) atoms. The van der Waals surface area contributed by atoms with Crippen LogP contribution in [0.25, 0.3) is 0 Å². The normalized spacial score (nSPS) is 13.9. The maximum Gasteiger partial charge on any atom is 0.312 e. The SMILES string of the molecule is C[C@@H](NC(=O)COC(=O)CCCCCNC(N)=O)c1ccc2c(c1)CCCC2. The minimum Gasteiger partial charge on any atom is -0.456 e. The lowest BCUT2D eigenvalue weighted by molar-refractivity contribution is -0.148. The van der Waals surface area contributed by atoms with E-state index in [-0.39, 0.29) is 30.9 Å². The van der Waals surface area contributed by atoms with Crippen LogP contribution in [0.4, 0.5) is 4.79 Å². The number of primary amides is 1. The van der Waals surface area contributed by atoms with Gasteiger partial charge in [-0.05, 0) is 62.1 Å². The number of fused-ring (bicyclic) bond motifs is 1. The molecule has 3 amide bonds. The number of unbranched alkanes of at least 4 members (excludes halogenated alkanes) is 2. The van der Waals surface area contributed by atoms with E-state index in [1.54, 1.807) is 0 Å². The van der Waals surface area contributed by atoms with Gasteiger partial charge in [-0.2, -0.15) is 0 Å². The van der Waals surface area contributed by atoms with E-state index in [4.69, 9.17) is 10.5 Å². The molecule has 0 spiro atoms. The van der Waals surface area contributed by atoms with Gasteiger partial charge in [0.15, 0.2) is 6.61 Å². The van der Waals surface area contributed by atoms with Gasteiger partial charge in [-0.15, -0.1) is 0 Å². The molecule has 154 valence electrons. The van der Waals surface area contributed by atoms with Crippen LogP contribution in [0.2, 0.25) is 0 Å². The summed E-state index contributed by atoms with van der Waals surface area (Å²) in [5.41, 5.74) is 8.82. The average Bonchev–Trinajstić information content (AvgIpc) is 2.68. The molecule has 0 fully saturated rings. The van der Waals surface area contributed by atoms with Crippen LogP contribution >= 0.6 is 0 Å². The summed E-state index contributed by atoms with van der Waals surface area (Å²) in [5.74, 6) is -0.691. The summed E-state index contributed by atoms with van der Waals surface area (Å²) in [7, 11) is 0. The van der Waals surface area contributed by atoms with E-state index in [9.17, 15) is 14.4 Å². The van der Waals surface area contributed by atoms with E-state index < -0.39 is 6.03 Å². The highest BCUT2D eigenvalue weighted by Gasteiger charge is 2.15. The molecule has 0 unspecified atom stereocenters. The Morgan fingerprint density at radius 2 is 1.86 bits per heavy atom. The fourth-order valence-electron chi connectivity index (χ4n) is 3.39. The minimum absolute atomic E-state index is 0.129. The van der Waals surface area contributed by atoms with E-state index in [0.29, 0.717) is 13.0 Å². The molecular weight excluding hydrogens is 358 g/mol. The highest BCUT2D eigenvalue weighted by atomic mass is 16.5. The highest BCUT2D eigenvalue weighted by molar-refractivity contribution is 5.80. The van der Waals surface area contributed by atoms with Crippen LogP contribution in [0.3, 0.4) is 0 Å². The van der Waals surface area contributed by atoms with Crippen molar-refractivity contribution < 1.29 is 19.1 Å². The van der Waals surface area contributed by atoms with Crippen LogP contribution < -0.4 is 16.4 Å². The average molecular weight is 389 g/mol. The van der Waals surface area contributed by atoms with Crippen molar-refractivity contribution in [3.63, 3.8) is 0 Å². The smallest absolute Gasteiger partial charge is 0.312 e. The number of esters is 1.